The van der Waals surface area contributed by atoms with Crippen molar-refractivity contribution >= 4 is 22.8 Å². The number of benzene rings is 2. The molecule has 0 aliphatic carbocycles. The maximum atomic E-state index is 12.2. The monoisotopic (exact) mass is 390 g/mol. The van der Waals surface area contributed by atoms with E-state index in [4.69, 9.17) is 0 Å². The Kier molecular flexibility index (Phi) is 5.62. The summed E-state index contributed by atoms with van der Waals surface area (Å²) in [6, 6.07) is 16.8. The van der Waals surface area contributed by atoms with Crippen LogP contribution in [-0.4, -0.2) is 41.0 Å². The van der Waals surface area contributed by atoms with Crippen LogP contribution in [0.1, 0.15) is 34.5 Å². The van der Waals surface area contributed by atoms with Crippen LogP contribution in [-0.2, 0) is 6.54 Å². The van der Waals surface area contributed by atoms with Crippen LogP contribution in [0.15, 0.2) is 54.6 Å². The molecule has 1 fully saturated rings. The van der Waals surface area contributed by atoms with Crippen molar-refractivity contribution in [2.24, 2.45) is 0 Å². The third-order valence-corrected chi connectivity index (χ3v) is 5.59. The number of urea groups is 1. The van der Waals surface area contributed by atoms with Crippen molar-refractivity contribution in [3.8, 4) is 0 Å². The van der Waals surface area contributed by atoms with Crippen molar-refractivity contribution in [1.29, 1.82) is 0 Å². The highest BCUT2D eigenvalue weighted by molar-refractivity contribution is 6.04. The van der Waals surface area contributed by atoms with Crippen molar-refractivity contribution in [1.82, 2.24) is 20.5 Å². The molecule has 0 spiro atoms. The van der Waals surface area contributed by atoms with Crippen LogP contribution in [0.4, 0.5) is 4.79 Å². The Hall–Kier alpha value is -3.12. The molecule has 6 heteroatoms. The molecule has 0 bridgehead atoms. The van der Waals surface area contributed by atoms with E-state index in [0.29, 0.717) is 5.56 Å². The van der Waals surface area contributed by atoms with Gasteiger partial charge in [-0.05, 0) is 43.5 Å². The van der Waals surface area contributed by atoms with E-state index in [1.54, 1.807) is 24.3 Å². The summed E-state index contributed by atoms with van der Waals surface area (Å²) in [6.45, 7) is 4.85. The molecule has 1 aliphatic rings. The molecule has 1 saturated heterocycles. The molecule has 2 aromatic carbocycles. The van der Waals surface area contributed by atoms with Crippen LogP contribution in [0, 0.1) is 6.92 Å². The minimum atomic E-state index is -0.426. The quantitative estimate of drug-likeness (QED) is 0.637. The molecule has 0 radical (unpaired) electrons. The SMILES string of the molecule is Cc1[nH]c2ccccc2c1CN1CCC(NC(=O)NC(=O)c2ccccc2)CC1. The summed E-state index contributed by atoms with van der Waals surface area (Å²) in [5.41, 5.74) is 4.21. The highest BCUT2D eigenvalue weighted by Crippen LogP contribution is 2.24. The number of carbonyl (C=O) groups excluding carboxylic acids is 2. The van der Waals surface area contributed by atoms with Crippen molar-refractivity contribution in [2.45, 2.75) is 32.4 Å². The third-order valence-electron chi connectivity index (χ3n) is 5.59. The first-order valence-electron chi connectivity index (χ1n) is 10.1. The molecule has 29 heavy (non-hydrogen) atoms. The first-order valence-corrected chi connectivity index (χ1v) is 10.1. The number of aromatic amines is 1. The highest BCUT2D eigenvalue weighted by Gasteiger charge is 2.22. The van der Waals surface area contributed by atoms with Crippen LogP contribution in [0.3, 0.4) is 0 Å². The fourth-order valence-corrected chi connectivity index (χ4v) is 3.98. The Morgan fingerprint density at radius 3 is 2.48 bits per heavy atom. The van der Waals surface area contributed by atoms with Crippen LogP contribution in [0.5, 0.6) is 0 Å². The average molecular weight is 390 g/mol. The molecule has 0 atom stereocenters. The number of carbonyl (C=O) groups is 2. The minimum Gasteiger partial charge on any atom is -0.358 e. The molecule has 150 valence electrons. The Labute approximate surface area is 170 Å². The van der Waals surface area contributed by atoms with E-state index in [0.717, 1.165) is 32.5 Å². The summed E-state index contributed by atoms with van der Waals surface area (Å²) < 4.78 is 0. The smallest absolute Gasteiger partial charge is 0.321 e. The molecule has 0 saturated carbocycles. The van der Waals surface area contributed by atoms with Gasteiger partial charge in [0.1, 0.15) is 0 Å². The number of aryl methyl sites for hydroxylation is 1. The number of H-pyrrole nitrogens is 1. The number of fused-ring (bicyclic) bond motifs is 1. The van der Waals surface area contributed by atoms with Crippen molar-refractivity contribution < 1.29 is 9.59 Å². The number of para-hydroxylation sites is 1. The van der Waals surface area contributed by atoms with E-state index in [2.05, 4.69) is 45.6 Å². The fourth-order valence-electron chi connectivity index (χ4n) is 3.98. The second kappa shape index (κ2) is 8.49. The molecule has 6 nitrogen and oxygen atoms in total. The van der Waals surface area contributed by atoms with E-state index >= 15 is 0 Å². The number of nitrogens with one attached hydrogen (secondary N) is 3. The molecule has 4 rings (SSSR count). The van der Waals surface area contributed by atoms with Crippen LogP contribution < -0.4 is 10.6 Å². The molecule has 1 aromatic heterocycles. The first kappa shape index (κ1) is 19.2. The van der Waals surface area contributed by atoms with Gasteiger partial charge in [0.2, 0.25) is 0 Å². The zero-order chi connectivity index (χ0) is 20.2. The normalized spacial score (nSPS) is 15.3. The van der Waals surface area contributed by atoms with Crippen LogP contribution >= 0.6 is 0 Å². The molecular weight excluding hydrogens is 364 g/mol. The van der Waals surface area contributed by atoms with Gasteiger partial charge in [-0.25, -0.2) is 4.79 Å². The van der Waals surface area contributed by atoms with E-state index in [9.17, 15) is 9.59 Å². The van der Waals surface area contributed by atoms with Gasteiger partial charge in [0, 0.05) is 47.8 Å². The molecule has 1 aliphatic heterocycles. The van der Waals surface area contributed by atoms with E-state index in [1.165, 1.54) is 22.2 Å². The number of amides is 3. The molecule has 0 unspecified atom stereocenters. The number of aromatic nitrogens is 1. The maximum Gasteiger partial charge on any atom is 0.321 e. The lowest BCUT2D eigenvalue weighted by Gasteiger charge is -2.32. The summed E-state index contributed by atoms with van der Waals surface area (Å²) in [7, 11) is 0. The molecular formula is C23H26N4O2. The second-order valence-electron chi connectivity index (χ2n) is 7.62. The van der Waals surface area contributed by atoms with Gasteiger partial charge in [-0.15, -0.1) is 0 Å². The number of nitrogens with zero attached hydrogens (tertiary/aromatic N) is 1. The van der Waals surface area contributed by atoms with E-state index in [-0.39, 0.29) is 11.9 Å². The lowest BCUT2D eigenvalue weighted by molar-refractivity contribution is 0.0962. The minimum absolute atomic E-state index is 0.0823. The number of piperidine rings is 1. The predicted octanol–water partition coefficient (Wildman–Crippen LogP) is 3.58. The van der Waals surface area contributed by atoms with Gasteiger partial charge in [-0.1, -0.05) is 36.4 Å². The third kappa shape index (κ3) is 4.49. The Bertz CT molecular complexity index is 1000. The van der Waals surface area contributed by atoms with Crippen LogP contribution in [0.25, 0.3) is 10.9 Å². The van der Waals surface area contributed by atoms with Gasteiger partial charge < -0.3 is 10.3 Å². The van der Waals surface area contributed by atoms with E-state index in [1.807, 2.05) is 12.1 Å². The fraction of sp³-hybridized carbons (Fsp3) is 0.304. The zero-order valence-corrected chi connectivity index (χ0v) is 16.6. The number of hydrogen-bond donors (Lipinski definition) is 3. The summed E-state index contributed by atoms with van der Waals surface area (Å²) in [6.07, 6.45) is 1.74. The molecule has 3 aromatic rings. The van der Waals surface area contributed by atoms with Crippen LogP contribution in [0.2, 0.25) is 0 Å². The molecule has 3 N–H and O–H groups in total. The maximum absolute atomic E-state index is 12.2. The van der Waals surface area contributed by atoms with Gasteiger partial charge in [0.15, 0.2) is 0 Å². The number of imide groups is 1. The van der Waals surface area contributed by atoms with Crippen molar-refractivity contribution in [2.75, 3.05) is 13.1 Å². The molecule has 3 amide bonds. The van der Waals surface area contributed by atoms with Gasteiger partial charge in [0.05, 0.1) is 0 Å². The summed E-state index contributed by atoms with van der Waals surface area (Å²) >= 11 is 0. The van der Waals surface area contributed by atoms with Gasteiger partial charge in [-0.3, -0.25) is 15.0 Å². The Morgan fingerprint density at radius 1 is 1.03 bits per heavy atom. The van der Waals surface area contributed by atoms with Gasteiger partial charge >= 0.3 is 6.03 Å². The summed E-state index contributed by atoms with van der Waals surface area (Å²) in [5.74, 6) is -0.379. The van der Waals surface area contributed by atoms with Gasteiger partial charge in [-0.2, -0.15) is 0 Å². The summed E-state index contributed by atoms with van der Waals surface area (Å²) in [4.78, 5) is 30.1. The zero-order valence-electron chi connectivity index (χ0n) is 16.6. The largest absolute Gasteiger partial charge is 0.358 e. The number of likely N-dealkylation sites (tertiary alicyclic amines) is 1. The number of hydrogen-bond acceptors (Lipinski definition) is 3. The Morgan fingerprint density at radius 2 is 1.72 bits per heavy atom. The van der Waals surface area contributed by atoms with E-state index < -0.39 is 6.03 Å². The topological polar surface area (TPSA) is 77.2 Å². The highest BCUT2D eigenvalue weighted by atomic mass is 16.2. The molecule has 2 heterocycles. The first-order chi connectivity index (χ1) is 14.1. The van der Waals surface area contributed by atoms with Crippen molar-refractivity contribution in [3.63, 3.8) is 0 Å². The summed E-state index contributed by atoms with van der Waals surface area (Å²) in [5, 5.41) is 6.63. The lowest BCUT2D eigenvalue weighted by Crippen LogP contribution is -2.49. The lowest BCUT2D eigenvalue weighted by atomic mass is 10.0. The Balaban J connectivity index is 1.28. The van der Waals surface area contributed by atoms with Crippen molar-refractivity contribution in [3.05, 3.63) is 71.4 Å². The second-order valence-corrected chi connectivity index (χ2v) is 7.62. The number of rotatable bonds is 4. The standard InChI is InChI=1S/C23H26N4O2/c1-16-20(19-9-5-6-10-21(19)24-16)15-27-13-11-18(12-14-27)25-23(29)26-22(28)17-7-3-2-4-8-17/h2-10,18,24H,11-15H2,1H3,(H2,25,26,28,29). The average Bonchev–Trinajstić information content (AvgIpc) is 3.05. The van der Waals surface area contributed by atoms with Gasteiger partial charge in [0.25, 0.3) is 5.91 Å². The predicted molar refractivity (Wildman–Crippen MR) is 114 cm³/mol.